The largest absolute Gasteiger partial charge is 0.342 e. The summed E-state index contributed by atoms with van der Waals surface area (Å²) in [5.74, 6) is 0.823. The van der Waals surface area contributed by atoms with Gasteiger partial charge in [0.05, 0.1) is 0 Å². The van der Waals surface area contributed by atoms with Gasteiger partial charge in [0.25, 0.3) is 0 Å². The van der Waals surface area contributed by atoms with Crippen molar-refractivity contribution in [3.8, 4) is 0 Å². The fourth-order valence-electron chi connectivity index (χ4n) is 3.09. The van der Waals surface area contributed by atoms with Crippen molar-refractivity contribution in [2.24, 2.45) is 17.8 Å². The second kappa shape index (κ2) is 6.59. The van der Waals surface area contributed by atoms with E-state index in [0.717, 1.165) is 6.42 Å². The van der Waals surface area contributed by atoms with E-state index in [0.29, 0.717) is 5.92 Å². The number of hydrogen-bond acceptors (Lipinski definition) is 2. The summed E-state index contributed by atoms with van der Waals surface area (Å²) in [6.45, 7) is 14.3. The van der Waals surface area contributed by atoms with Crippen LogP contribution in [0.1, 0.15) is 54.9 Å². The van der Waals surface area contributed by atoms with E-state index in [1.807, 2.05) is 32.6 Å². The molecule has 116 valence electrons. The topological polar surface area (TPSA) is 49.4 Å². The fraction of sp³-hybridized carbons (Fsp3) is 0.875. The van der Waals surface area contributed by atoms with E-state index in [1.165, 1.54) is 0 Å². The van der Waals surface area contributed by atoms with Crippen LogP contribution in [0.3, 0.4) is 0 Å². The Balaban J connectivity index is 3.07. The summed E-state index contributed by atoms with van der Waals surface area (Å²) in [4.78, 5) is 27.0. The molecule has 4 heteroatoms. The Labute approximate surface area is 123 Å². The van der Waals surface area contributed by atoms with Gasteiger partial charge in [-0.1, -0.05) is 41.5 Å². The number of rotatable bonds is 5. The van der Waals surface area contributed by atoms with Crippen LogP contribution in [-0.4, -0.2) is 34.8 Å². The summed E-state index contributed by atoms with van der Waals surface area (Å²) in [6, 6.07) is -0.624. The van der Waals surface area contributed by atoms with Crippen molar-refractivity contribution in [1.29, 1.82) is 0 Å². The molecule has 1 aliphatic heterocycles. The van der Waals surface area contributed by atoms with Gasteiger partial charge in [0.1, 0.15) is 12.1 Å². The monoisotopic (exact) mass is 282 g/mol. The molecule has 4 nitrogen and oxygen atoms in total. The number of nitrogens with zero attached hydrogens (tertiary/aromatic N) is 1. The average molecular weight is 282 g/mol. The van der Waals surface area contributed by atoms with Crippen molar-refractivity contribution < 1.29 is 9.59 Å². The van der Waals surface area contributed by atoms with E-state index in [1.54, 1.807) is 0 Å². The van der Waals surface area contributed by atoms with Crippen molar-refractivity contribution in [3.63, 3.8) is 0 Å². The minimum absolute atomic E-state index is 0.00564. The lowest BCUT2D eigenvalue weighted by atomic mass is 9.90. The summed E-state index contributed by atoms with van der Waals surface area (Å²) < 4.78 is 0. The fourth-order valence-corrected chi connectivity index (χ4v) is 3.09. The van der Waals surface area contributed by atoms with Crippen LogP contribution in [0, 0.1) is 17.8 Å². The minimum Gasteiger partial charge on any atom is -0.342 e. The molecule has 0 radical (unpaired) electrons. The molecule has 1 N–H and O–H groups in total. The molecule has 0 bridgehead atoms. The third-order valence-electron chi connectivity index (χ3n) is 3.97. The van der Waals surface area contributed by atoms with Crippen LogP contribution in [0.25, 0.3) is 0 Å². The molecule has 2 amide bonds. The van der Waals surface area contributed by atoms with E-state index in [-0.39, 0.29) is 41.8 Å². The van der Waals surface area contributed by atoms with Crippen molar-refractivity contribution in [1.82, 2.24) is 10.2 Å². The minimum atomic E-state index is -0.382. The Morgan fingerprint density at radius 3 is 1.95 bits per heavy atom. The summed E-state index contributed by atoms with van der Waals surface area (Å²) in [6.07, 6.45) is 0.924. The van der Waals surface area contributed by atoms with Gasteiger partial charge in [-0.3, -0.25) is 9.59 Å². The zero-order valence-electron chi connectivity index (χ0n) is 13.9. The number of carbonyl (C=O) groups excluding carboxylic acids is 2. The second-order valence-electron chi connectivity index (χ2n) is 7.14. The van der Waals surface area contributed by atoms with Crippen LogP contribution in [0.5, 0.6) is 0 Å². The molecule has 1 fully saturated rings. The predicted molar refractivity (Wildman–Crippen MR) is 81.2 cm³/mol. The van der Waals surface area contributed by atoms with Gasteiger partial charge in [-0.15, -0.1) is 0 Å². The molecule has 1 aliphatic rings. The summed E-state index contributed by atoms with van der Waals surface area (Å²) in [7, 11) is 0. The Bertz CT molecular complexity index is 363. The Morgan fingerprint density at radius 2 is 1.55 bits per heavy atom. The van der Waals surface area contributed by atoms with E-state index in [4.69, 9.17) is 0 Å². The van der Waals surface area contributed by atoms with Gasteiger partial charge >= 0.3 is 0 Å². The first-order chi connectivity index (χ1) is 9.16. The third-order valence-corrected chi connectivity index (χ3v) is 3.97. The number of amides is 2. The number of nitrogens with one attached hydrogen (secondary N) is 1. The van der Waals surface area contributed by atoms with Crippen LogP contribution in [0.4, 0.5) is 0 Å². The Hall–Kier alpha value is -1.06. The van der Waals surface area contributed by atoms with Crippen LogP contribution in [-0.2, 0) is 9.59 Å². The van der Waals surface area contributed by atoms with Gasteiger partial charge in [0, 0.05) is 6.04 Å². The molecule has 1 heterocycles. The molecule has 0 aromatic carbocycles. The molecular formula is C16H30N2O2. The Kier molecular flexibility index (Phi) is 5.60. The van der Waals surface area contributed by atoms with E-state index < -0.39 is 0 Å². The van der Waals surface area contributed by atoms with Gasteiger partial charge < -0.3 is 10.2 Å². The van der Waals surface area contributed by atoms with Crippen LogP contribution in [0.2, 0.25) is 0 Å². The first kappa shape index (κ1) is 17.0. The average Bonchev–Trinajstić information content (AvgIpc) is 2.28. The van der Waals surface area contributed by atoms with Crippen molar-refractivity contribution in [2.75, 3.05) is 0 Å². The van der Waals surface area contributed by atoms with Crippen LogP contribution < -0.4 is 5.32 Å². The maximum Gasteiger partial charge on any atom is 0.246 e. The molecule has 3 atom stereocenters. The molecule has 0 aromatic rings. The number of piperazine rings is 1. The molecule has 3 unspecified atom stereocenters. The number of hydrogen-bond donors (Lipinski definition) is 1. The summed E-state index contributed by atoms with van der Waals surface area (Å²) >= 11 is 0. The lowest BCUT2D eigenvalue weighted by Crippen LogP contribution is -2.68. The van der Waals surface area contributed by atoms with Gasteiger partial charge in [0.15, 0.2) is 0 Å². The second-order valence-corrected chi connectivity index (χ2v) is 7.14. The SMILES string of the molecule is CC(C)CC(C)N1C(=O)C(C(C)C)NC(=O)C1C(C)C. The smallest absolute Gasteiger partial charge is 0.246 e. The maximum absolute atomic E-state index is 12.8. The highest BCUT2D eigenvalue weighted by atomic mass is 16.2. The van der Waals surface area contributed by atoms with E-state index >= 15 is 0 Å². The van der Waals surface area contributed by atoms with Gasteiger partial charge in [-0.05, 0) is 31.1 Å². The summed E-state index contributed by atoms with van der Waals surface area (Å²) in [5, 5.41) is 2.91. The zero-order chi connectivity index (χ0) is 15.6. The normalized spacial score (nSPS) is 25.6. The molecule has 0 aliphatic carbocycles. The van der Waals surface area contributed by atoms with Gasteiger partial charge in [-0.2, -0.15) is 0 Å². The molecule has 1 rings (SSSR count). The van der Waals surface area contributed by atoms with Crippen molar-refractivity contribution >= 4 is 11.8 Å². The lowest BCUT2D eigenvalue weighted by molar-refractivity contribution is -0.155. The van der Waals surface area contributed by atoms with E-state index in [2.05, 4.69) is 26.1 Å². The predicted octanol–water partition coefficient (Wildman–Crippen LogP) is 2.43. The standard InChI is InChI=1S/C16H30N2O2/c1-9(2)8-12(7)18-14(11(5)6)15(19)17-13(10(3)4)16(18)20/h9-14H,8H2,1-7H3,(H,17,19). The first-order valence-electron chi connectivity index (χ1n) is 7.79. The molecule has 0 spiro atoms. The highest BCUT2D eigenvalue weighted by molar-refractivity contribution is 5.97. The summed E-state index contributed by atoms with van der Waals surface area (Å²) in [5.41, 5.74) is 0. The number of carbonyl (C=O) groups is 2. The molecule has 1 saturated heterocycles. The van der Waals surface area contributed by atoms with Crippen molar-refractivity contribution in [2.45, 2.75) is 73.0 Å². The van der Waals surface area contributed by atoms with Crippen LogP contribution in [0.15, 0.2) is 0 Å². The third kappa shape index (κ3) is 3.53. The lowest BCUT2D eigenvalue weighted by Gasteiger charge is -2.45. The quantitative estimate of drug-likeness (QED) is 0.842. The van der Waals surface area contributed by atoms with Crippen LogP contribution >= 0.6 is 0 Å². The molecule has 20 heavy (non-hydrogen) atoms. The molecule has 0 saturated carbocycles. The maximum atomic E-state index is 12.8. The highest BCUT2D eigenvalue weighted by Crippen LogP contribution is 2.25. The first-order valence-corrected chi connectivity index (χ1v) is 7.79. The zero-order valence-corrected chi connectivity index (χ0v) is 13.9. The van der Waals surface area contributed by atoms with Crippen molar-refractivity contribution in [3.05, 3.63) is 0 Å². The van der Waals surface area contributed by atoms with Gasteiger partial charge in [-0.25, -0.2) is 0 Å². The molecule has 0 aromatic heterocycles. The highest BCUT2D eigenvalue weighted by Gasteiger charge is 2.44. The molecular weight excluding hydrogens is 252 g/mol. The van der Waals surface area contributed by atoms with Gasteiger partial charge in [0.2, 0.25) is 11.8 Å². The Morgan fingerprint density at radius 1 is 1.00 bits per heavy atom. The van der Waals surface area contributed by atoms with E-state index in [9.17, 15) is 9.59 Å².